The molecule has 4 aliphatic rings. The highest BCUT2D eigenvalue weighted by Crippen LogP contribution is 2.61. The molecule has 4 bridgehead atoms. The summed E-state index contributed by atoms with van der Waals surface area (Å²) in [6, 6.07) is 0. The van der Waals surface area contributed by atoms with Gasteiger partial charge in [-0.3, -0.25) is 0 Å². The number of nitrogens with one attached hydrogen (secondary N) is 1. The minimum absolute atomic E-state index is 0.170. The maximum Gasteiger partial charge on any atom is 0.0455 e. The Kier molecular flexibility index (Phi) is 2.18. The summed E-state index contributed by atoms with van der Waals surface area (Å²) < 4.78 is 0. The lowest BCUT2D eigenvalue weighted by Gasteiger charge is -2.58. The highest BCUT2D eigenvalue weighted by atomic mass is 35.5. The van der Waals surface area contributed by atoms with E-state index >= 15 is 0 Å². The molecule has 15 heavy (non-hydrogen) atoms. The van der Waals surface area contributed by atoms with Crippen LogP contribution >= 0.6 is 11.6 Å². The van der Waals surface area contributed by atoms with Crippen molar-refractivity contribution in [1.82, 2.24) is 0 Å². The van der Waals surface area contributed by atoms with Gasteiger partial charge < -0.3 is 5.41 Å². The summed E-state index contributed by atoms with van der Waals surface area (Å²) >= 11 is 6.68. The number of alkyl halides is 1. The molecule has 4 fully saturated rings. The average molecular weight is 226 g/mol. The van der Waals surface area contributed by atoms with Crippen molar-refractivity contribution < 1.29 is 0 Å². The highest BCUT2D eigenvalue weighted by molar-refractivity contribution is 6.24. The fraction of sp³-hybridized carbons (Fsp3) is 0.923. The molecule has 0 amide bonds. The van der Waals surface area contributed by atoms with Crippen LogP contribution in [0.3, 0.4) is 0 Å². The fourth-order valence-electron chi connectivity index (χ4n) is 4.72. The average Bonchev–Trinajstić information content (AvgIpc) is 2.08. The van der Waals surface area contributed by atoms with E-state index in [0.717, 1.165) is 35.8 Å². The third-order valence-corrected chi connectivity index (χ3v) is 5.40. The first kappa shape index (κ1) is 10.1. The summed E-state index contributed by atoms with van der Waals surface area (Å²) in [5.74, 6) is 3.40. The van der Waals surface area contributed by atoms with Crippen LogP contribution in [0.15, 0.2) is 0 Å². The molecule has 2 atom stereocenters. The first-order valence-electron chi connectivity index (χ1n) is 6.29. The van der Waals surface area contributed by atoms with Gasteiger partial charge in [0.25, 0.3) is 0 Å². The van der Waals surface area contributed by atoms with Crippen LogP contribution in [0, 0.1) is 29.1 Å². The van der Waals surface area contributed by atoms with Gasteiger partial charge in [0.05, 0.1) is 0 Å². The van der Waals surface area contributed by atoms with E-state index in [2.05, 4.69) is 0 Å². The Bertz CT molecular complexity index is 283. The zero-order valence-electron chi connectivity index (χ0n) is 9.43. The van der Waals surface area contributed by atoms with Gasteiger partial charge >= 0.3 is 0 Å². The molecule has 0 aromatic carbocycles. The Morgan fingerprint density at radius 2 is 1.87 bits per heavy atom. The Labute approximate surface area is 97.1 Å². The maximum atomic E-state index is 7.69. The molecule has 1 nitrogen and oxygen atoms in total. The normalized spacial score (nSPS) is 52.1. The van der Waals surface area contributed by atoms with Crippen LogP contribution in [0.5, 0.6) is 0 Å². The van der Waals surface area contributed by atoms with E-state index in [1.807, 2.05) is 6.92 Å². The molecule has 84 valence electrons. The zero-order chi connectivity index (χ0) is 10.6. The number of halogens is 1. The smallest absolute Gasteiger partial charge is 0.0455 e. The minimum Gasteiger partial charge on any atom is -0.310 e. The lowest BCUT2D eigenvalue weighted by atomic mass is 9.51. The molecule has 0 heterocycles. The summed E-state index contributed by atoms with van der Waals surface area (Å²) in [6.07, 6.45) is 7.59. The van der Waals surface area contributed by atoms with Gasteiger partial charge in [0.15, 0.2) is 0 Å². The van der Waals surface area contributed by atoms with Crippen LogP contribution in [0.1, 0.15) is 45.4 Å². The van der Waals surface area contributed by atoms with Crippen molar-refractivity contribution in [2.24, 2.45) is 23.7 Å². The molecular formula is C13H20ClN. The van der Waals surface area contributed by atoms with E-state index in [4.69, 9.17) is 17.0 Å². The molecule has 0 radical (unpaired) electrons. The molecule has 0 aromatic rings. The molecular weight excluding hydrogens is 206 g/mol. The fourth-order valence-corrected chi connectivity index (χ4v) is 5.33. The van der Waals surface area contributed by atoms with E-state index < -0.39 is 0 Å². The number of rotatable bonds is 2. The van der Waals surface area contributed by atoms with Crippen LogP contribution in [0.2, 0.25) is 0 Å². The van der Waals surface area contributed by atoms with Crippen molar-refractivity contribution in [3.05, 3.63) is 0 Å². The highest BCUT2D eigenvalue weighted by Gasteiger charge is 2.54. The van der Waals surface area contributed by atoms with Crippen molar-refractivity contribution >= 4 is 17.3 Å². The number of hydrogen-bond acceptors (Lipinski definition) is 1. The molecule has 4 saturated carbocycles. The molecule has 0 spiro atoms. The van der Waals surface area contributed by atoms with Crippen molar-refractivity contribution in [2.75, 3.05) is 0 Å². The van der Waals surface area contributed by atoms with E-state index in [0.29, 0.717) is 0 Å². The monoisotopic (exact) mass is 225 g/mol. The largest absolute Gasteiger partial charge is 0.310 e. The molecule has 2 heteroatoms. The molecule has 4 aliphatic carbocycles. The quantitative estimate of drug-likeness (QED) is 0.545. The second kappa shape index (κ2) is 3.23. The topological polar surface area (TPSA) is 23.9 Å². The van der Waals surface area contributed by atoms with Crippen LogP contribution in [0.4, 0.5) is 0 Å². The van der Waals surface area contributed by atoms with Crippen molar-refractivity contribution in [1.29, 1.82) is 5.41 Å². The third kappa shape index (κ3) is 1.63. The van der Waals surface area contributed by atoms with Gasteiger partial charge in [-0.2, -0.15) is 0 Å². The summed E-state index contributed by atoms with van der Waals surface area (Å²) in [4.78, 5) is 0.170. The van der Waals surface area contributed by atoms with E-state index in [-0.39, 0.29) is 4.87 Å². The van der Waals surface area contributed by atoms with Crippen LogP contribution < -0.4 is 0 Å². The van der Waals surface area contributed by atoms with Crippen LogP contribution in [0.25, 0.3) is 0 Å². The molecule has 0 saturated heterocycles. The minimum atomic E-state index is 0.170. The van der Waals surface area contributed by atoms with Gasteiger partial charge in [-0.15, -0.1) is 11.6 Å². The Balaban J connectivity index is 1.82. The van der Waals surface area contributed by atoms with E-state index in [1.54, 1.807) is 0 Å². The second-order valence-corrected chi connectivity index (χ2v) is 7.07. The first-order chi connectivity index (χ1) is 7.06. The molecule has 1 N–H and O–H groups in total. The first-order valence-corrected chi connectivity index (χ1v) is 6.66. The summed E-state index contributed by atoms with van der Waals surface area (Å²) in [7, 11) is 0. The standard InChI is InChI=1S/C13H20ClN/c1-8(15)2-12-10-3-9-4-11(12)7-13(14,5-9)6-10/h9-12,15H,2-7H2,1H3. The van der Waals surface area contributed by atoms with Crippen LogP contribution in [-0.2, 0) is 0 Å². The van der Waals surface area contributed by atoms with Crippen molar-refractivity contribution in [3.8, 4) is 0 Å². The summed E-state index contributed by atoms with van der Waals surface area (Å²) in [5, 5.41) is 7.69. The predicted molar refractivity (Wildman–Crippen MR) is 63.6 cm³/mol. The summed E-state index contributed by atoms with van der Waals surface area (Å²) in [6.45, 7) is 1.96. The predicted octanol–water partition coefficient (Wildman–Crippen LogP) is 3.85. The van der Waals surface area contributed by atoms with Gasteiger partial charge in [-0.1, -0.05) is 0 Å². The summed E-state index contributed by atoms with van der Waals surface area (Å²) in [5.41, 5.74) is 0.871. The van der Waals surface area contributed by atoms with Gasteiger partial charge in [-0.25, -0.2) is 0 Å². The van der Waals surface area contributed by atoms with Crippen LogP contribution in [-0.4, -0.2) is 10.6 Å². The van der Waals surface area contributed by atoms with Gasteiger partial charge in [0.2, 0.25) is 0 Å². The maximum absolute atomic E-state index is 7.69. The van der Waals surface area contributed by atoms with E-state index in [9.17, 15) is 0 Å². The Hall–Kier alpha value is -0.0400. The Morgan fingerprint density at radius 3 is 2.33 bits per heavy atom. The van der Waals surface area contributed by atoms with Crippen molar-refractivity contribution in [2.45, 2.75) is 50.3 Å². The molecule has 4 rings (SSSR count). The lowest BCUT2D eigenvalue weighted by molar-refractivity contribution is -0.0205. The number of hydrogen-bond donors (Lipinski definition) is 1. The molecule has 2 unspecified atom stereocenters. The van der Waals surface area contributed by atoms with E-state index in [1.165, 1.54) is 32.1 Å². The van der Waals surface area contributed by atoms with Gasteiger partial charge in [-0.05, 0) is 69.1 Å². The molecule has 0 aromatic heterocycles. The molecule has 0 aliphatic heterocycles. The SMILES string of the molecule is CC(=N)CC1C2CC3CC1CC(Cl)(C3)C2. The van der Waals surface area contributed by atoms with Gasteiger partial charge in [0.1, 0.15) is 0 Å². The zero-order valence-corrected chi connectivity index (χ0v) is 10.2. The van der Waals surface area contributed by atoms with Gasteiger partial charge in [0, 0.05) is 10.6 Å². The lowest BCUT2D eigenvalue weighted by Crippen LogP contribution is -2.52. The van der Waals surface area contributed by atoms with Crippen molar-refractivity contribution in [3.63, 3.8) is 0 Å². The Morgan fingerprint density at radius 1 is 1.27 bits per heavy atom. The second-order valence-electron chi connectivity index (χ2n) is 6.27. The third-order valence-electron chi connectivity index (χ3n) is 4.94.